The molecule has 9 heteroatoms. The number of carbonyl (C=O) groups is 1. The molecule has 3 aromatic rings. The van der Waals surface area contributed by atoms with Crippen LogP contribution in [0.1, 0.15) is 17.7 Å². The Balaban J connectivity index is 1.17. The number of aromatic amines is 1. The van der Waals surface area contributed by atoms with E-state index in [4.69, 9.17) is 15.7 Å². The normalized spacial score (nSPS) is 28.6. The number of allylic oxidation sites excluding steroid dienone is 5. The number of amides is 1. The van der Waals surface area contributed by atoms with Crippen molar-refractivity contribution in [2.75, 3.05) is 24.5 Å². The Hall–Kier alpha value is -3.98. The fourth-order valence-electron chi connectivity index (χ4n) is 6.48. The van der Waals surface area contributed by atoms with Crippen molar-refractivity contribution in [2.24, 2.45) is 28.5 Å². The second-order valence-corrected chi connectivity index (χ2v) is 9.86. The van der Waals surface area contributed by atoms with E-state index in [2.05, 4.69) is 20.1 Å². The van der Waals surface area contributed by atoms with Crippen LogP contribution in [0.3, 0.4) is 0 Å². The van der Waals surface area contributed by atoms with Gasteiger partial charge in [-0.1, -0.05) is 36.4 Å². The fourth-order valence-corrected chi connectivity index (χ4v) is 6.48. The molecule has 1 amide bonds. The minimum Gasteiger partial charge on any atom is -0.355 e. The number of nitrogens with two attached hydrogens (primary N) is 1. The molecule has 4 heterocycles. The molecule has 4 atom stereocenters. The van der Waals surface area contributed by atoms with Crippen LogP contribution in [-0.2, 0) is 10.2 Å². The van der Waals surface area contributed by atoms with Gasteiger partial charge < -0.3 is 10.6 Å². The molecular weight excluding hydrogens is 457 g/mol. The summed E-state index contributed by atoms with van der Waals surface area (Å²) in [7, 11) is 0. The molecule has 3 N–H and O–H groups in total. The van der Waals surface area contributed by atoms with Crippen molar-refractivity contribution in [1.82, 2.24) is 20.2 Å². The lowest BCUT2D eigenvalue weighted by atomic mass is 9.86. The summed E-state index contributed by atoms with van der Waals surface area (Å²) in [5.41, 5.74) is 10.3. The minimum atomic E-state index is -0.313. The Morgan fingerprint density at radius 3 is 2.97 bits per heavy atom. The van der Waals surface area contributed by atoms with Crippen LogP contribution < -0.4 is 10.6 Å². The average Bonchev–Trinajstić information content (AvgIpc) is 3.36. The maximum atomic E-state index is 14.7. The molecule has 1 unspecified atom stereocenters. The topological polar surface area (TPSA) is 113 Å². The number of nitrogens with zero attached hydrogens (tertiary/aromatic N) is 5. The van der Waals surface area contributed by atoms with Crippen LogP contribution in [0.25, 0.3) is 16.7 Å². The molecule has 36 heavy (non-hydrogen) atoms. The van der Waals surface area contributed by atoms with Gasteiger partial charge in [0.05, 0.1) is 17.6 Å². The third kappa shape index (κ3) is 2.99. The van der Waals surface area contributed by atoms with Crippen LogP contribution in [0, 0.1) is 23.6 Å². The zero-order valence-corrected chi connectivity index (χ0v) is 19.4. The van der Waals surface area contributed by atoms with Gasteiger partial charge in [0.1, 0.15) is 17.2 Å². The minimum absolute atomic E-state index is 0.130. The van der Waals surface area contributed by atoms with Crippen molar-refractivity contribution in [3.63, 3.8) is 0 Å². The lowest BCUT2D eigenvalue weighted by Gasteiger charge is -2.27. The Morgan fingerprint density at radius 2 is 2.11 bits per heavy atom. The fraction of sp³-hybridized carbons (Fsp3) is 0.296. The highest BCUT2D eigenvalue weighted by Gasteiger charge is 2.66. The highest BCUT2D eigenvalue weighted by atomic mass is 19.1. The van der Waals surface area contributed by atoms with Crippen molar-refractivity contribution in [1.29, 1.82) is 0 Å². The maximum Gasteiger partial charge on any atom is 0.269 e. The number of anilines is 1. The number of benzene rings is 1. The molecule has 2 aromatic heterocycles. The van der Waals surface area contributed by atoms with Crippen LogP contribution >= 0.6 is 0 Å². The van der Waals surface area contributed by atoms with E-state index in [-0.39, 0.29) is 29.0 Å². The number of hydrogen-bond donors (Lipinski definition) is 2. The van der Waals surface area contributed by atoms with Gasteiger partial charge in [-0.05, 0) is 41.5 Å². The second-order valence-electron chi connectivity index (χ2n) is 9.86. The van der Waals surface area contributed by atoms with Gasteiger partial charge in [0.15, 0.2) is 0 Å². The number of nitrogens with one attached hydrogen (secondary N) is 1. The highest BCUT2D eigenvalue weighted by molar-refractivity contribution is 6.16. The lowest BCUT2D eigenvalue weighted by Crippen LogP contribution is -2.32. The Labute approximate surface area is 206 Å². The predicted octanol–water partition coefficient (Wildman–Crippen LogP) is 2.95. The first-order valence-electron chi connectivity index (χ1n) is 12.2. The van der Waals surface area contributed by atoms with Crippen LogP contribution in [0.2, 0.25) is 0 Å². The van der Waals surface area contributed by atoms with E-state index < -0.39 is 0 Å². The van der Waals surface area contributed by atoms with E-state index in [0.29, 0.717) is 29.3 Å². The molecule has 2 aliphatic carbocycles. The first kappa shape index (κ1) is 21.3. The SMILES string of the molecule is NC[C@]1(c2ccccc2F)[C@@H]2CCN(c3cnc4c(C5=CC=CC6=NC(=O)C=CC56)[nH]nc4n3)C[C@@H]21. The van der Waals surface area contributed by atoms with Crippen molar-refractivity contribution >= 4 is 34.2 Å². The molecule has 0 spiro atoms. The van der Waals surface area contributed by atoms with Crippen LogP contribution in [-0.4, -0.2) is 51.4 Å². The quantitative estimate of drug-likeness (QED) is 0.593. The zero-order chi connectivity index (χ0) is 24.4. The lowest BCUT2D eigenvalue weighted by molar-refractivity contribution is -0.113. The summed E-state index contributed by atoms with van der Waals surface area (Å²) < 4.78 is 14.7. The van der Waals surface area contributed by atoms with E-state index in [1.807, 2.05) is 36.4 Å². The molecule has 180 valence electrons. The van der Waals surface area contributed by atoms with Crippen molar-refractivity contribution in [2.45, 2.75) is 11.8 Å². The molecule has 8 nitrogen and oxygen atoms in total. The number of piperidine rings is 1. The largest absolute Gasteiger partial charge is 0.355 e. The van der Waals surface area contributed by atoms with Gasteiger partial charge in [0.2, 0.25) is 5.65 Å². The number of dihydropyridines is 1. The summed E-state index contributed by atoms with van der Waals surface area (Å²) in [5.74, 6) is 0.855. The first-order valence-corrected chi connectivity index (χ1v) is 12.2. The Morgan fingerprint density at radius 1 is 1.22 bits per heavy atom. The third-order valence-electron chi connectivity index (χ3n) is 8.27. The number of fused-ring (bicyclic) bond motifs is 3. The molecule has 2 aliphatic heterocycles. The molecule has 0 radical (unpaired) electrons. The second kappa shape index (κ2) is 7.76. The van der Waals surface area contributed by atoms with E-state index in [9.17, 15) is 9.18 Å². The number of hydrogen-bond acceptors (Lipinski definition) is 6. The summed E-state index contributed by atoms with van der Waals surface area (Å²) in [6.45, 7) is 2.00. The van der Waals surface area contributed by atoms with Crippen LogP contribution in [0.4, 0.5) is 10.2 Å². The number of carbonyl (C=O) groups excluding carboxylic acids is 1. The summed E-state index contributed by atoms with van der Waals surface area (Å²) in [4.78, 5) is 27.6. The molecule has 1 saturated carbocycles. The summed E-state index contributed by atoms with van der Waals surface area (Å²) in [6, 6.07) is 7.02. The van der Waals surface area contributed by atoms with Crippen molar-refractivity contribution in [3.8, 4) is 0 Å². The number of aliphatic imine (C=N–C) groups is 1. The van der Waals surface area contributed by atoms with Gasteiger partial charge in [0.25, 0.3) is 5.91 Å². The Bertz CT molecular complexity index is 1540. The smallest absolute Gasteiger partial charge is 0.269 e. The maximum absolute atomic E-state index is 14.7. The van der Waals surface area contributed by atoms with Gasteiger partial charge in [-0.2, -0.15) is 5.10 Å². The van der Waals surface area contributed by atoms with Gasteiger partial charge in [-0.25, -0.2) is 19.4 Å². The summed E-state index contributed by atoms with van der Waals surface area (Å²) >= 11 is 0. The molecule has 7 rings (SSSR count). The van der Waals surface area contributed by atoms with Crippen molar-refractivity contribution < 1.29 is 9.18 Å². The van der Waals surface area contributed by atoms with E-state index in [0.717, 1.165) is 42.2 Å². The summed E-state index contributed by atoms with van der Waals surface area (Å²) in [6.07, 6.45) is 11.8. The number of H-pyrrole nitrogens is 1. The van der Waals surface area contributed by atoms with Gasteiger partial charge in [-0.3, -0.25) is 9.89 Å². The molecule has 0 bridgehead atoms. The Kier molecular flexibility index (Phi) is 4.59. The molecule has 1 aromatic carbocycles. The monoisotopic (exact) mass is 481 g/mol. The average molecular weight is 482 g/mol. The molecule has 4 aliphatic rings. The molecular formula is C27H24FN7O. The summed E-state index contributed by atoms with van der Waals surface area (Å²) in [5, 5.41) is 7.54. The van der Waals surface area contributed by atoms with Crippen molar-refractivity contribution in [3.05, 3.63) is 77.9 Å². The number of rotatable bonds is 4. The van der Waals surface area contributed by atoms with E-state index >= 15 is 0 Å². The zero-order valence-electron chi connectivity index (χ0n) is 19.4. The number of halogens is 1. The van der Waals surface area contributed by atoms with Gasteiger partial charge in [0, 0.05) is 37.0 Å². The molecule has 2 fully saturated rings. The number of aromatic nitrogens is 4. The predicted molar refractivity (Wildman–Crippen MR) is 135 cm³/mol. The van der Waals surface area contributed by atoms with Crippen LogP contribution in [0.15, 0.2) is 65.8 Å². The van der Waals surface area contributed by atoms with Gasteiger partial charge >= 0.3 is 0 Å². The van der Waals surface area contributed by atoms with Gasteiger partial charge in [-0.15, -0.1) is 0 Å². The molecule has 1 saturated heterocycles. The van der Waals surface area contributed by atoms with E-state index in [1.54, 1.807) is 12.3 Å². The standard InChI is InChI=1S/C27H24FN7O/c28-20-6-2-1-5-18(20)27(14-29)17-10-11-35(13-19(17)27)22-12-30-25-24(33-34-26(25)32-22)16-4-3-7-21-15(16)8-9-23(36)31-21/h1-9,12,15,17,19H,10-11,13-14,29H2,(H,32,33,34)/t15?,17-,19+,27-/m1/s1. The van der Waals surface area contributed by atoms with Crippen LogP contribution in [0.5, 0.6) is 0 Å². The van der Waals surface area contributed by atoms with E-state index in [1.165, 1.54) is 12.1 Å². The first-order chi connectivity index (χ1) is 17.6. The highest BCUT2D eigenvalue weighted by Crippen LogP contribution is 2.63. The third-order valence-corrected chi connectivity index (χ3v) is 8.27.